The van der Waals surface area contributed by atoms with Gasteiger partial charge in [0.05, 0.1) is 30.5 Å². The molecule has 0 bridgehead atoms. The summed E-state index contributed by atoms with van der Waals surface area (Å²) >= 11 is 11.8. The van der Waals surface area contributed by atoms with Crippen molar-refractivity contribution in [3.63, 3.8) is 0 Å². The monoisotopic (exact) mass is 345 g/mol. The zero-order chi connectivity index (χ0) is 15.9. The fourth-order valence-electron chi connectivity index (χ4n) is 2.01. The van der Waals surface area contributed by atoms with Crippen LogP contribution in [0, 0.1) is 0 Å². The first-order valence-electron chi connectivity index (χ1n) is 6.87. The predicted molar refractivity (Wildman–Crippen MR) is 85.3 cm³/mol. The van der Waals surface area contributed by atoms with Gasteiger partial charge in [0, 0.05) is 24.0 Å². The molecule has 1 aromatic carbocycles. The van der Waals surface area contributed by atoms with Crippen LogP contribution < -0.4 is 16.0 Å². The van der Waals surface area contributed by atoms with Gasteiger partial charge in [-0.25, -0.2) is 0 Å². The van der Waals surface area contributed by atoms with Crippen molar-refractivity contribution in [1.82, 2.24) is 10.6 Å². The fourth-order valence-corrected chi connectivity index (χ4v) is 2.35. The van der Waals surface area contributed by atoms with E-state index in [1.54, 1.807) is 18.2 Å². The van der Waals surface area contributed by atoms with Crippen molar-refractivity contribution in [3.05, 3.63) is 28.2 Å². The first-order chi connectivity index (χ1) is 10.5. The number of rotatable bonds is 5. The summed E-state index contributed by atoms with van der Waals surface area (Å²) in [5.41, 5.74) is 0.413. The Morgan fingerprint density at radius 3 is 2.86 bits per heavy atom. The minimum absolute atomic E-state index is 0.0146. The molecule has 1 atom stereocenters. The summed E-state index contributed by atoms with van der Waals surface area (Å²) in [4.78, 5) is 23.6. The molecule has 1 aromatic rings. The molecular weight excluding hydrogens is 329 g/mol. The van der Waals surface area contributed by atoms with E-state index in [1.165, 1.54) is 0 Å². The van der Waals surface area contributed by atoms with E-state index in [1.807, 2.05) is 0 Å². The molecule has 0 aliphatic carbocycles. The second-order valence-electron chi connectivity index (χ2n) is 4.88. The van der Waals surface area contributed by atoms with Gasteiger partial charge in [0.25, 0.3) is 0 Å². The minimum Gasteiger partial charge on any atom is -0.378 e. The molecule has 0 aromatic heterocycles. The Kier molecular flexibility index (Phi) is 6.45. The van der Waals surface area contributed by atoms with Gasteiger partial charge in [0.1, 0.15) is 0 Å². The van der Waals surface area contributed by atoms with Gasteiger partial charge in [-0.3, -0.25) is 9.59 Å². The number of ether oxygens (including phenoxy) is 1. The molecule has 6 nitrogen and oxygen atoms in total. The van der Waals surface area contributed by atoms with Gasteiger partial charge in [-0.15, -0.1) is 0 Å². The average molecular weight is 346 g/mol. The predicted octanol–water partition coefficient (Wildman–Crippen LogP) is 1.43. The van der Waals surface area contributed by atoms with E-state index in [0.29, 0.717) is 28.9 Å². The van der Waals surface area contributed by atoms with Gasteiger partial charge < -0.3 is 20.7 Å². The van der Waals surface area contributed by atoms with Crippen molar-refractivity contribution in [2.45, 2.75) is 12.5 Å². The largest absolute Gasteiger partial charge is 0.378 e. The standard InChI is InChI=1S/C14H17Cl2N3O3/c15-9-1-2-11(16)12(5-9)19-14(21)7-18-13(20)6-10-8-22-4-3-17-10/h1-2,5,10,17H,3-4,6-8H2,(H,18,20)(H,19,21). The third kappa shape index (κ3) is 5.46. The third-order valence-corrected chi connectivity index (χ3v) is 3.64. The molecule has 1 unspecified atom stereocenters. The maximum absolute atomic E-state index is 11.8. The van der Waals surface area contributed by atoms with Crippen LogP contribution in [0.1, 0.15) is 6.42 Å². The van der Waals surface area contributed by atoms with Crippen LogP contribution in [0.3, 0.4) is 0 Å². The molecule has 0 radical (unpaired) electrons. The van der Waals surface area contributed by atoms with Crippen LogP contribution in [-0.4, -0.2) is 44.2 Å². The Balaban J connectivity index is 1.75. The highest BCUT2D eigenvalue weighted by atomic mass is 35.5. The summed E-state index contributed by atoms with van der Waals surface area (Å²) in [6.07, 6.45) is 0.269. The summed E-state index contributed by atoms with van der Waals surface area (Å²) in [5.74, 6) is -0.583. The fraction of sp³-hybridized carbons (Fsp3) is 0.429. The summed E-state index contributed by atoms with van der Waals surface area (Å²) in [6, 6.07) is 4.75. The highest BCUT2D eigenvalue weighted by Crippen LogP contribution is 2.25. The normalized spacial score (nSPS) is 17.8. The van der Waals surface area contributed by atoms with Crippen molar-refractivity contribution in [1.29, 1.82) is 0 Å². The van der Waals surface area contributed by atoms with Gasteiger partial charge in [-0.2, -0.15) is 0 Å². The lowest BCUT2D eigenvalue weighted by atomic mass is 10.2. The lowest BCUT2D eigenvalue weighted by Crippen LogP contribution is -2.45. The molecular formula is C14H17Cl2N3O3. The van der Waals surface area contributed by atoms with Crippen molar-refractivity contribution in [2.75, 3.05) is 31.6 Å². The molecule has 1 fully saturated rings. The van der Waals surface area contributed by atoms with Crippen LogP contribution in [0.15, 0.2) is 18.2 Å². The molecule has 1 aliphatic rings. The van der Waals surface area contributed by atoms with E-state index in [9.17, 15) is 9.59 Å². The van der Waals surface area contributed by atoms with Crippen LogP contribution in [-0.2, 0) is 14.3 Å². The maximum atomic E-state index is 11.8. The number of hydrogen-bond acceptors (Lipinski definition) is 4. The van der Waals surface area contributed by atoms with Crippen molar-refractivity contribution >= 4 is 40.7 Å². The summed E-state index contributed by atoms with van der Waals surface area (Å²) in [7, 11) is 0. The lowest BCUT2D eigenvalue weighted by molar-refractivity contribution is -0.125. The van der Waals surface area contributed by atoms with Gasteiger partial charge in [0.2, 0.25) is 11.8 Å². The second kappa shape index (κ2) is 8.33. The Morgan fingerprint density at radius 2 is 2.14 bits per heavy atom. The van der Waals surface area contributed by atoms with Crippen molar-refractivity contribution < 1.29 is 14.3 Å². The number of nitrogens with one attached hydrogen (secondary N) is 3. The smallest absolute Gasteiger partial charge is 0.243 e. The topological polar surface area (TPSA) is 79.5 Å². The molecule has 1 heterocycles. The Morgan fingerprint density at radius 1 is 1.32 bits per heavy atom. The number of benzene rings is 1. The molecule has 22 heavy (non-hydrogen) atoms. The van der Waals surface area contributed by atoms with Crippen LogP contribution in [0.2, 0.25) is 10.0 Å². The lowest BCUT2D eigenvalue weighted by Gasteiger charge is -2.23. The number of carbonyl (C=O) groups excluding carboxylic acids is 2. The SMILES string of the molecule is O=C(CC1COCCN1)NCC(=O)Nc1cc(Cl)ccc1Cl. The van der Waals surface area contributed by atoms with Gasteiger partial charge in [-0.05, 0) is 18.2 Å². The molecule has 0 spiro atoms. The molecule has 0 saturated carbocycles. The molecule has 1 aliphatic heterocycles. The molecule has 8 heteroatoms. The summed E-state index contributed by atoms with van der Waals surface area (Å²) in [6.45, 7) is 1.75. The number of amides is 2. The molecule has 2 amide bonds. The zero-order valence-electron chi connectivity index (χ0n) is 11.8. The van der Waals surface area contributed by atoms with E-state index in [0.717, 1.165) is 6.54 Å². The Hall–Kier alpha value is -1.34. The summed E-state index contributed by atoms with van der Waals surface area (Å²) < 4.78 is 5.26. The first kappa shape index (κ1) is 17.0. The number of hydrogen-bond donors (Lipinski definition) is 3. The molecule has 120 valence electrons. The Labute approximate surface area is 138 Å². The molecule has 1 saturated heterocycles. The number of carbonyl (C=O) groups is 2. The number of morpholine rings is 1. The Bertz CT molecular complexity index is 548. The minimum atomic E-state index is -0.370. The van der Waals surface area contributed by atoms with Crippen LogP contribution in [0.4, 0.5) is 5.69 Å². The first-order valence-corrected chi connectivity index (χ1v) is 7.63. The number of anilines is 1. The van der Waals surface area contributed by atoms with Crippen LogP contribution in [0.25, 0.3) is 0 Å². The van der Waals surface area contributed by atoms with Crippen LogP contribution >= 0.6 is 23.2 Å². The van der Waals surface area contributed by atoms with Gasteiger partial charge in [0.15, 0.2) is 0 Å². The van der Waals surface area contributed by atoms with Crippen molar-refractivity contribution in [2.24, 2.45) is 0 Å². The number of halogens is 2. The summed E-state index contributed by atoms with van der Waals surface area (Å²) in [5, 5.41) is 9.18. The average Bonchev–Trinajstić information content (AvgIpc) is 2.50. The third-order valence-electron chi connectivity index (χ3n) is 3.08. The van der Waals surface area contributed by atoms with E-state index in [4.69, 9.17) is 27.9 Å². The quantitative estimate of drug-likeness (QED) is 0.754. The van der Waals surface area contributed by atoms with Crippen molar-refractivity contribution in [3.8, 4) is 0 Å². The molecule has 2 rings (SSSR count). The van der Waals surface area contributed by atoms with E-state index >= 15 is 0 Å². The highest BCUT2D eigenvalue weighted by Gasteiger charge is 2.17. The van der Waals surface area contributed by atoms with E-state index < -0.39 is 0 Å². The van der Waals surface area contributed by atoms with Gasteiger partial charge >= 0.3 is 0 Å². The molecule has 3 N–H and O–H groups in total. The second-order valence-corrected chi connectivity index (χ2v) is 5.72. The highest BCUT2D eigenvalue weighted by molar-refractivity contribution is 6.35. The van der Waals surface area contributed by atoms with Gasteiger partial charge in [-0.1, -0.05) is 23.2 Å². The van der Waals surface area contributed by atoms with Crippen LogP contribution in [0.5, 0.6) is 0 Å². The zero-order valence-corrected chi connectivity index (χ0v) is 13.3. The van der Waals surface area contributed by atoms with E-state index in [2.05, 4.69) is 16.0 Å². The maximum Gasteiger partial charge on any atom is 0.243 e. The van der Waals surface area contributed by atoms with E-state index in [-0.39, 0.29) is 30.8 Å².